The van der Waals surface area contributed by atoms with E-state index in [0.717, 1.165) is 39.9 Å². The summed E-state index contributed by atoms with van der Waals surface area (Å²) in [5.41, 5.74) is 5.46. The van der Waals surface area contributed by atoms with E-state index in [1.54, 1.807) is 6.26 Å². The first-order valence-corrected chi connectivity index (χ1v) is 11.4. The summed E-state index contributed by atoms with van der Waals surface area (Å²) < 4.78 is 9.23. The number of carbonyl (C=O) groups excluding carboxylic acids is 1. The van der Waals surface area contributed by atoms with Crippen molar-refractivity contribution in [2.75, 3.05) is 11.1 Å². The minimum Gasteiger partial charge on any atom is -0.469 e. The van der Waals surface area contributed by atoms with Crippen LogP contribution < -0.4 is 5.32 Å². The summed E-state index contributed by atoms with van der Waals surface area (Å²) in [5, 5.41) is 16.9. The van der Waals surface area contributed by atoms with Crippen LogP contribution in [0.15, 0.2) is 46.2 Å². The lowest BCUT2D eigenvalue weighted by molar-refractivity contribution is -0.113. The van der Waals surface area contributed by atoms with E-state index in [2.05, 4.69) is 20.6 Å². The van der Waals surface area contributed by atoms with E-state index in [1.807, 2.05) is 74.2 Å². The molecule has 0 spiro atoms. The highest BCUT2D eigenvalue weighted by molar-refractivity contribution is 7.99. The Morgan fingerprint density at radius 3 is 2.50 bits per heavy atom. The molecule has 166 valence electrons. The minimum absolute atomic E-state index is 0.114. The molecule has 0 saturated carbocycles. The quantitative estimate of drug-likeness (QED) is 0.410. The number of furan rings is 1. The third kappa shape index (κ3) is 4.20. The normalized spacial score (nSPS) is 11.2. The Hall–Kier alpha value is -3.33. The van der Waals surface area contributed by atoms with Crippen molar-refractivity contribution >= 4 is 23.4 Å². The van der Waals surface area contributed by atoms with Crippen LogP contribution in [0, 0.1) is 27.7 Å². The predicted molar refractivity (Wildman–Crippen MR) is 125 cm³/mol. The van der Waals surface area contributed by atoms with E-state index in [-0.39, 0.29) is 11.7 Å². The van der Waals surface area contributed by atoms with Crippen LogP contribution >= 0.6 is 11.8 Å². The van der Waals surface area contributed by atoms with E-state index in [9.17, 15) is 4.79 Å². The predicted octanol–water partition coefficient (Wildman–Crippen LogP) is 4.71. The molecule has 0 saturated heterocycles. The Bertz CT molecular complexity index is 1250. The summed E-state index contributed by atoms with van der Waals surface area (Å²) >= 11 is 1.36. The van der Waals surface area contributed by atoms with Gasteiger partial charge in [0.15, 0.2) is 11.0 Å². The van der Waals surface area contributed by atoms with Crippen LogP contribution in [0.25, 0.3) is 17.1 Å². The maximum absolute atomic E-state index is 12.7. The lowest BCUT2D eigenvalue weighted by Gasteiger charge is -2.08. The second-order valence-electron chi connectivity index (χ2n) is 7.57. The smallest absolute Gasteiger partial charge is 0.234 e. The first kappa shape index (κ1) is 21.9. The Labute approximate surface area is 191 Å². The third-order valence-corrected chi connectivity index (χ3v) is 6.27. The van der Waals surface area contributed by atoms with Crippen LogP contribution in [0.5, 0.6) is 0 Å². The van der Waals surface area contributed by atoms with E-state index in [1.165, 1.54) is 17.3 Å². The number of hydrogen-bond acceptors (Lipinski definition) is 6. The number of nitrogens with one attached hydrogen (secondary N) is 1. The van der Waals surface area contributed by atoms with Crippen molar-refractivity contribution in [2.45, 2.75) is 46.3 Å². The molecule has 8 nitrogen and oxygen atoms in total. The van der Waals surface area contributed by atoms with Gasteiger partial charge in [0.1, 0.15) is 5.76 Å². The molecule has 0 aliphatic rings. The summed E-state index contributed by atoms with van der Waals surface area (Å²) in [6.07, 6.45) is 1.64. The molecule has 4 aromatic rings. The molecule has 1 amide bonds. The number of rotatable bonds is 7. The van der Waals surface area contributed by atoms with Crippen molar-refractivity contribution in [1.29, 1.82) is 0 Å². The molecular formula is C23H26N6O2S. The molecule has 0 aliphatic carbocycles. The van der Waals surface area contributed by atoms with Crippen LogP contribution in [0.1, 0.15) is 29.6 Å². The second-order valence-corrected chi connectivity index (χ2v) is 8.51. The standard InChI is InChI=1S/C23H26N6O2S/c1-6-28-22(19-11-12-31-17(19)5)25-26-23(28)32-13-20(30)24-21-15(3)27-29(16(21)4)18-9-7-14(2)8-10-18/h7-12H,6,13H2,1-5H3,(H,24,30). The van der Waals surface area contributed by atoms with Gasteiger partial charge in [-0.2, -0.15) is 5.10 Å². The van der Waals surface area contributed by atoms with Crippen molar-refractivity contribution in [2.24, 2.45) is 0 Å². The fourth-order valence-electron chi connectivity index (χ4n) is 3.56. The molecule has 3 aromatic heterocycles. The van der Waals surface area contributed by atoms with E-state index < -0.39 is 0 Å². The van der Waals surface area contributed by atoms with Gasteiger partial charge in [-0.25, -0.2) is 4.68 Å². The number of thioether (sulfide) groups is 1. The molecule has 9 heteroatoms. The molecule has 32 heavy (non-hydrogen) atoms. The molecular weight excluding hydrogens is 424 g/mol. The highest BCUT2D eigenvalue weighted by atomic mass is 32.2. The largest absolute Gasteiger partial charge is 0.469 e. The van der Waals surface area contributed by atoms with Gasteiger partial charge in [-0.15, -0.1) is 10.2 Å². The highest BCUT2D eigenvalue weighted by Crippen LogP contribution is 2.28. The number of amides is 1. The van der Waals surface area contributed by atoms with Crippen LogP contribution in [-0.2, 0) is 11.3 Å². The van der Waals surface area contributed by atoms with Crippen LogP contribution in [-0.4, -0.2) is 36.2 Å². The number of benzene rings is 1. The van der Waals surface area contributed by atoms with Gasteiger partial charge in [0.05, 0.1) is 40.3 Å². The molecule has 4 rings (SSSR count). The zero-order chi connectivity index (χ0) is 22.8. The van der Waals surface area contributed by atoms with Crippen LogP contribution in [0.4, 0.5) is 5.69 Å². The van der Waals surface area contributed by atoms with E-state index in [4.69, 9.17) is 4.42 Å². The van der Waals surface area contributed by atoms with Crippen LogP contribution in [0.2, 0.25) is 0 Å². The molecule has 0 radical (unpaired) electrons. The second kappa shape index (κ2) is 9.04. The average molecular weight is 451 g/mol. The Morgan fingerprint density at radius 1 is 1.09 bits per heavy atom. The van der Waals surface area contributed by atoms with E-state index in [0.29, 0.717) is 11.7 Å². The van der Waals surface area contributed by atoms with Crippen molar-refractivity contribution in [3.05, 3.63) is 59.3 Å². The molecule has 0 aliphatic heterocycles. The molecule has 3 heterocycles. The number of aromatic nitrogens is 5. The van der Waals surface area contributed by atoms with E-state index >= 15 is 0 Å². The van der Waals surface area contributed by atoms with Crippen molar-refractivity contribution in [3.8, 4) is 17.1 Å². The number of hydrogen-bond donors (Lipinski definition) is 1. The fourth-order valence-corrected chi connectivity index (χ4v) is 4.37. The SMILES string of the molecule is CCn1c(SCC(=O)Nc2c(C)nn(-c3ccc(C)cc3)c2C)nnc1-c1ccoc1C. The number of aryl methyl sites for hydroxylation is 3. The Morgan fingerprint density at radius 2 is 1.84 bits per heavy atom. The third-order valence-electron chi connectivity index (χ3n) is 5.30. The Kier molecular flexibility index (Phi) is 6.18. The highest BCUT2D eigenvalue weighted by Gasteiger charge is 2.19. The summed E-state index contributed by atoms with van der Waals surface area (Å²) in [7, 11) is 0. The molecule has 0 unspecified atom stereocenters. The Balaban J connectivity index is 1.47. The summed E-state index contributed by atoms with van der Waals surface area (Å²) in [5.74, 6) is 1.64. The molecule has 1 N–H and O–H groups in total. The first-order valence-electron chi connectivity index (χ1n) is 10.4. The van der Waals surface area contributed by atoms with Gasteiger partial charge in [-0.1, -0.05) is 29.5 Å². The molecule has 1 aromatic carbocycles. The lowest BCUT2D eigenvalue weighted by atomic mass is 10.2. The van der Waals surface area contributed by atoms with Gasteiger partial charge >= 0.3 is 0 Å². The monoisotopic (exact) mass is 450 g/mol. The summed E-state index contributed by atoms with van der Waals surface area (Å²) in [6.45, 7) is 10.5. The number of carbonyl (C=O) groups is 1. The van der Waals surface area contributed by atoms with Gasteiger partial charge in [0.25, 0.3) is 0 Å². The van der Waals surface area contributed by atoms with Gasteiger partial charge < -0.3 is 14.3 Å². The zero-order valence-electron chi connectivity index (χ0n) is 18.8. The maximum Gasteiger partial charge on any atom is 0.234 e. The van der Waals surface area contributed by atoms with Crippen LogP contribution in [0.3, 0.4) is 0 Å². The average Bonchev–Trinajstić information content (AvgIpc) is 3.45. The first-order chi connectivity index (χ1) is 15.4. The lowest BCUT2D eigenvalue weighted by Crippen LogP contribution is -2.16. The van der Waals surface area contributed by atoms with Gasteiger partial charge in [-0.3, -0.25) is 4.79 Å². The number of nitrogens with zero attached hydrogens (tertiary/aromatic N) is 5. The molecule has 0 atom stereocenters. The fraction of sp³-hybridized carbons (Fsp3) is 0.304. The summed E-state index contributed by atoms with van der Waals surface area (Å²) in [4.78, 5) is 12.7. The molecule has 0 fully saturated rings. The van der Waals surface area contributed by atoms with Crippen molar-refractivity contribution in [1.82, 2.24) is 24.5 Å². The summed E-state index contributed by atoms with van der Waals surface area (Å²) in [6, 6.07) is 10.0. The van der Waals surface area contributed by atoms with Gasteiger partial charge in [0, 0.05) is 6.54 Å². The minimum atomic E-state index is -0.114. The van der Waals surface area contributed by atoms with Gasteiger partial charge in [0.2, 0.25) is 5.91 Å². The topological polar surface area (TPSA) is 90.8 Å². The van der Waals surface area contributed by atoms with Crippen molar-refractivity contribution in [3.63, 3.8) is 0 Å². The van der Waals surface area contributed by atoms with Crippen molar-refractivity contribution < 1.29 is 9.21 Å². The van der Waals surface area contributed by atoms with Gasteiger partial charge in [-0.05, 0) is 52.8 Å². The number of anilines is 1. The molecule has 0 bridgehead atoms. The maximum atomic E-state index is 12.7. The zero-order valence-corrected chi connectivity index (χ0v) is 19.7.